The van der Waals surface area contributed by atoms with Crippen LogP contribution < -0.4 is 20.5 Å². The Morgan fingerprint density at radius 2 is 2.03 bits per heavy atom. The van der Waals surface area contributed by atoms with Gasteiger partial charge < -0.3 is 20.1 Å². The van der Waals surface area contributed by atoms with E-state index < -0.39 is 5.82 Å². The molecular weight excluding hydrogens is 449 g/mol. The highest BCUT2D eigenvalue weighted by atomic mass is 19.1. The van der Waals surface area contributed by atoms with E-state index in [4.69, 9.17) is 21.4 Å². The molecule has 1 aliphatic rings. The number of aromatic nitrogens is 2. The van der Waals surface area contributed by atoms with Crippen LogP contribution in [-0.2, 0) is 7.05 Å². The standard InChI is InChI=1S/C26H28FN5O3/c1-28-20-7-4-18(5-8-20)24-23(19-6-9-22(21(27)14-19)35-13-12-33)25(34)32(3)26(30-24)31(2)16-17-10-11-29-15-17/h4-9,14,17,29,33H,10-13,15-16H2,2-3H3. The average molecular weight is 478 g/mol. The highest BCUT2D eigenvalue weighted by Gasteiger charge is 2.23. The molecule has 182 valence electrons. The molecule has 1 fully saturated rings. The topological polar surface area (TPSA) is 84.0 Å². The molecule has 35 heavy (non-hydrogen) atoms. The van der Waals surface area contributed by atoms with Crippen molar-refractivity contribution < 1.29 is 14.2 Å². The minimum absolute atomic E-state index is 0.00271. The Balaban J connectivity index is 1.84. The molecule has 0 bridgehead atoms. The second kappa shape index (κ2) is 10.7. The summed E-state index contributed by atoms with van der Waals surface area (Å²) in [5.74, 6) is 0.330. The van der Waals surface area contributed by atoms with E-state index in [0.29, 0.717) is 34.4 Å². The van der Waals surface area contributed by atoms with Crippen molar-refractivity contribution in [1.29, 1.82) is 0 Å². The molecule has 0 saturated carbocycles. The summed E-state index contributed by atoms with van der Waals surface area (Å²) in [5, 5.41) is 12.3. The van der Waals surface area contributed by atoms with Crippen molar-refractivity contribution in [3.63, 3.8) is 0 Å². The maximum Gasteiger partial charge on any atom is 0.263 e. The van der Waals surface area contributed by atoms with Crippen molar-refractivity contribution in [2.75, 3.05) is 44.8 Å². The van der Waals surface area contributed by atoms with Gasteiger partial charge in [0.1, 0.15) is 6.61 Å². The van der Waals surface area contributed by atoms with Crippen molar-refractivity contribution in [3.8, 4) is 28.1 Å². The first-order valence-corrected chi connectivity index (χ1v) is 11.5. The molecule has 0 spiro atoms. The van der Waals surface area contributed by atoms with Crippen LogP contribution in [0.2, 0.25) is 0 Å². The third-order valence-corrected chi connectivity index (χ3v) is 6.14. The van der Waals surface area contributed by atoms with Gasteiger partial charge >= 0.3 is 0 Å². The summed E-state index contributed by atoms with van der Waals surface area (Å²) in [7, 11) is 3.58. The first kappa shape index (κ1) is 24.4. The van der Waals surface area contributed by atoms with Crippen LogP contribution in [-0.4, -0.2) is 54.6 Å². The van der Waals surface area contributed by atoms with E-state index in [1.54, 1.807) is 37.4 Å². The first-order chi connectivity index (χ1) is 16.9. The van der Waals surface area contributed by atoms with Gasteiger partial charge in [-0.05, 0) is 48.7 Å². The fourth-order valence-corrected chi connectivity index (χ4v) is 4.36. The van der Waals surface area contributed by atoms with Crippen LogP contribution in [0.4, 0.5) is 16.0 Å². The van der Waals surface area contributed by atoms with Crippen molar-refractivity contribution in [3.05, 3.63) is 70.1 Å². The molecule has 1 atom stereocenters. The van der Waals surface area contributed by atoms with Gasteiger partial charge in [-0.2, -0.15) is 0 Å². The van der Waals surface area contributed by atoms with E-state index in [-0.39, 0.29) is 30.1 Å². The number of ether oxygens (including phenoxy) is 1. The molecule has 1 aromatic heterocycles. The van der Waals surface area contributed by atoms with Crippen LogP contribution in [0.1, 0.15) is 6.42 Å². The summed E-state index contributed by atoms with van der Waals surface area (Å²) >= 11 is 0. The smallest absolute Gasteiger partial charge is 0.263 e. The van der Waals surface area contributed by atoms with Crippen molar-refractivity contribution in [2.45, 2.75) is 6.42 Å². The minimum Gasteiger partial charge on any atom is -0.488 e. The average Bonchev–Trinajstić information content (AvgIpc) is 3.38. The molecule has 4 rings (SSSR count). The molecule has 0 radical (unpaired) electrons. The van der Waals surface area contributed by atoms with Gasteiger partial charge in [0.05, 0.1) is 24.4 Å². The molecule has 8 nitrogen and oxygen atoms in total. The second-order valence-electron chi connectivity index (χ2n) is 8.61. The Hall–Kier alpha value is -3.74. The highest BCUT2D eigenvalue weighted by Crippen LogP contribution is 2.33. The zero-order chi connectivity index (χ0) is 24.9. The number of rotatable bonds is 8. The number of aliphatic hydroxyl groups is 1. The summed E-state index contributed by atoms with van der Waals surface area (Å²) in [6.45, 7) is 9.60. The van der Waals surface area contributed by atoms with Crippen molar-refractivity contribution >= 4 is 11.6 Å². The Morgan fingerprint density at radius 3 is 2.66 bits per heavy atom. The molecule has 1 unspecified atom stereocenters. The van der Waals surface area contributed by atoms with Gasteiger partial charge in [0.2, 0.25) is 5.95 Å². The van der Waals surface area contributed by atoms with Gasteiger partial charge in [0.25, 0.3) is 5.56 Å². The zero-order valence-electron chi connectivity index (χ0n) is 19.8. The third-order valence-electron chi connectivity index (χ3n) is 6.14. The molecule has 9 heteroatoms. The predicted octanol–water partition coefficient (Wildman–Crippen LogP) is 3.22. The maximum absolute atomic E-state index is 14.8. The zero-order valence-corrected chi connectivity index (χ0v) is 19.8. The predicted molar refractivity (Wildman–Crippen MR) is 133 cm³/mol. The lowest BCUT2D eigenvalue weighted by Crippen LogP contribution is -2.34. The van der Waals surface area contributed by atoms with Gasteiger partial charge in [-0.1, -0.05) is 30.3 Å². The van der Waals surface area contributed by atoms with Crippen LogP contribution in [0.15, 0.2) is 47.3 Å². The van der Waals surface area contributed by atoms with E-state index in [9.17, 15) is 9.18 Å². The number of hydrogen-bond donors (Lipinski definition) is 2. The molecule has 2 N–H and O–H groups in total. The van der Waals surface area contributed by atoms with E-state index in [1.807, 2.05) is 11.9 Å². The number of benzene rings is 2. The quantitative estimate of drug-likeness (QED) is 0.485. The van der Waals surface area contributed by atoms with Crippen LogP contribution >= 0.6 is 0 Å². The van der Waals surface area contributed by atoms with Crippen LogP contribution in [0.3, 0.4) is 0 Å². The second-order valence-corrected chi connectivity index (χ2v) is 8.61. The molecule has 3 aromatic rings. The highest BCUT2D eigenvalue weighted by molar-refractivity contribution is 5.82. The Labute approximate surface area is 203 Å². The van der Waals surface area contributed by atoms with E-state index in [2.05, 4.69) is 10.2 Å². The Kier molecular flexibility index (Phi) is 7.44. The van der Waals surface area contributed by atoms with Crippen LogP contribution in [0.25, 0.3) is 27.2 Å². The third kappa shape index (κ3) is 5.19. The van der Waals surface area contributed by atoms with Gasteiger partial charge in [0, 0.05) is 20.6 Å². The van der Waals surface area contributed by atoms with E-state index in [1.165, 1.54) is 16.7 Å². The van der Waals surface area contributed by atoms with E-state index >= 15 is 0 Å². The number of nitrogens with one attached hydrogen (secondary N) is 1. The Morgan fingerprint density at radius 1 is 1.29 bits per heavy atom. The lowest BCUT2D eigenvalue weighted by Gasteiger charge is -2.25. The monoisotopic (exact) mass is 477 g/mol. The fraction of sp³-hybridized carbons (Fsp3) is 0.346. The van der Waals surface area contributed by atoms with Gasteiger partial charge in [-0.3, -0.25) is 9.36 Å². The summed E-state index contributed by atoms with van der Waals surface area (Å²) < 4.78 is 21.5. The number of anilines is 1. The lowest BCUT2D eigenvalue weighted by atomic mass is 9.99. The molecule has 0 aliphatic carbocycles. The van der Waals surface area contributed by atoms with Gasteiger partial charge in [-0.15, -0.1) is 0 Å². The number of aliphatic hydroxyl groups excluding tert-OH is 1. The van der Waals surface area contributed by atoms with E-state index in [0.717, 1.165) is 26.1 Å². The number of hydrogen-bond acceptors (Lipinski definition) is 6. The van der Waals surface area contributed by atoms with Crippen molar-refractivity contribution in [2.24, 2.45) is 13.0 Å². The number of nitrogens with zero attached hydrogens (tertiary/aromatic N) is 4. The van der Waals surface area contributed by atoms with Crippen LogP contribution in [0.5, 0.6) is 5.75 Å². The summed E-state index contributed by atoms with van der Waals surface area (Å²) in [6.07, 6.45) is 1.06. The summed E-state index contributed by atoms with van der Waals surface area (Å²) in [4.78, 5) is 24.0. The van der Waals surface area contributed by atoms with Crippen LogP contribution in [0, 0.1) is 18.3 Å². The largest absolute Gasteiger partial charge is 0.488 e. The summed E-state index contributed by atoms with van der Waals surface area (Å²) in [5.41, 5.74) is 1.87. The fourth-order valence-electron chi connectivity index (χ4n) is 4.36. The Bertz CT molecular complexity index is 1290. The maximum atomic E-state index is 14.8. The molecule has 2 heterocycles. The summed E-state index contributed by atoms with van der Waals surface area (Å²) in [6, 6.07) is 11.1. The molecular formula is C26H28FN5O3. The molecule has 1 aliphatic heterocycles. The molecule has 0 amide bonds. The lowest BCUT2D eigenvalue weighted by molar-refractivity contribution is 0.196. The first-order valence-electron chi connectivity index (χ1n) is 11.5. The molecule has 1 saturated heterocycles. The normalized spacial score (nSPS) is 15.1. The molecule has 2 aromatic carbocycles. The van der Waals surface area contributed by atoms with Gasteiger partial charge in [-0.25, -0.2) is 14.2 Å². The number of halogens is 1. The SMILES string of the molecule is [C-]#[N+]c1ccc(-c2nc(N(C)CC3CCNC3)n(C)c(=O)c2-c2ccc(OCCO)c(F)c2)cc1. The minimum atomic E-state index is -0.637. The van der Waals surface area contributed by atoms with Gasteiger partial charge in [0.15, 0.2) is 17.3 Å². The van der Waals surface area contributed by atoms with Crippen molar-refractivity contribution in [1.82, 2.24) is 14.9 Å².